The van der Waals surface area contributed by atoms with Gasteiger partial charge in [0.05, 0.1) is 11.8 Å². The number of piperidine rings is 1. The SMILES string of the molecule is O=C(c1ccoc1)N1CCCC(c2nncn2-c2ccccc2)C1. The highest BCUT2D eigenvalue weighted by Gasteiger charge is 2.29. The largest absolute Gasteiger partial charge is 0.472 e. The van der Waals surface area contributed by atoms with Gasteiger partial charge in [-0.1, -0.05) is 18.2 Å². The Hall–Kier alpha value is -2.89. The Morgan fingerprint density at radius 3 is 2.88 bits per heavy atom. The monoisotopic (exact) mass is 322 g/mol. The third-order valence-corrected chi connectivity index (χ3v) is 4.45. The minimum absolute atomic E-state index is 0.0132. The summed E-state index contributed by atoms with van der Waals surface area (Å²) in [5, 5.41) is 8.42. The average molecular weight is 322 g/mol. The molecule has 2 aromatic heterocycles. The van der Waals surface area contributed by atoms with E-state index in [0.29, 0.717) is 12.1 Å². The average Bonchev–Trinajstić information content (AvgIpc) is 3.34. The van der Waals surface area contributed by atoms with E-state index < -0.39 is 0 Å². The van der Waals surface area contributed by atoms with E-state index in [1.807, 2.05) is 39.8 Å². The summed E-state index contributed by atoms with van der Waals surface area (Å²) in [5.74, 6) is 1.10. The van der Waals surface area contributed by atoms with Gasteiger partial charge in [0.1, 0.15) is 18.4 Å². The molecule has 3 heterocycles. The molecule has 6 heteroatoms. The number of furan rings is 1. The van der Waals surface area contributed by atoms with E-state index in [0.717, 1.165) is 30.9 Å². The maximum absolute atomic E-state index is 12.6. The van der Waals surface area contributed by atoms with Gasteiger partial charge in [0.15, 0.2) is 0 Å². The lowest BCUT2D eigenvalue weighted by Gasteiger charge is -2.32. The van der Waals surface area contributed by atoms with E-state index in [9.17, 15) is 4.79 Å². The Bertz CT molecular complexity index is 811. The first-order chi connectivity index (χ1) is 11.8. The van der Waals surface area contributed by atoms with Crippen molar-refractivity contribution >= 4 is 5.91 Å². The van der Waals surface area contributed by atoms with Crippen LogP contribution in [0.2, 0.25) is 0 Å². The zero-order valence-corrected chi connectivity index (χ0v) is 13.2. The minimum Gasteiger partial charge on any atom is -0.472 e. The molecular formula is C18H18N4O2. The number of amides is 1. The summed E-state index contributed by atoms with van der Waals surface area (Å²) in [5.41, 5.74) is 1.64. The maximum atomic E-state index is 12.6. The van der Waals surface area contributed by atoms with Crippen LogP contribution in [0, 0.1) is 0 Å². The molecule has 3 aromatic rings. The van der Waals surface area contributed by atoms with Crippen LogP contribution in [0.5, 0.6) is 0 Å². The van der Waals surface area contributed by atoms with Crippen molar-refractivity contribution in [2.75, 3.05) is 13.1 Å². The summed E-state index contributed by atoms with van der Waals surface area (Å²) in [6, 6.07) is 11.7. The molecule has 0 saturated carbocycles. The number of likely N-dealkylation sites (tertiary alicyclic amines) is 1. The second kappa shape index (κ2) is 6.31. The second-order valence-electron chi connectivity index (χ2n) is 6.00. The molecule has 0 bridgehead atoms. The van der Waals surface area contributed by atoms with Gasteiger partial charge in [0.25, 0.3) is 5.91 Å². The number of hydrogen-bond acceptors (Lipinski definition) is 4. The highest BCUT2D eigenvalue weighted by atomic mass is 16.3. The van der Waals surface area contributed by atoms with Crippen LogP contribution in [0.15, 0.2) is 59.7 Å². The third kappa shape index (κ3) is 2.71. The predicted octanol–water partition coefficient (Wildman–Crippen LogP) is 2.88. The fraction of sp³-hybridized carbons (Fsp3) is 0.278. The van der Waals surface area contributed by atoms with Crippen molar-refractivity contribution < 1.29 is 9.21 Å². The summed E-state index contributed by atoms with van der Waals surface area (Å²) in [6.07, 6.45) is 6.72. The molecule has 0 N–H and O–H groups in total. The van der Waals surface area contributed by atoms with Gasteiger partial charge in [-0.25, -0.2) is 0 Å². The van der Waals surface area contributed by atoms with Crippen molar-refractivity contribution in [3.63, 3.8) is 0 Å². The Morgan fingerprint density at radius 1 is 1.21 bits per heavy atom. The van der Waals surface area contributed by atoms with E-state index in [1.54, 1.807) is 12.4 Å². The molecule has 1 atom stereocenters. The number of carbonyl (C=O) groups excluding carboxylic acids is 1. The van der Waals surface area contributed by atoms with Crippen molar-refractivity contribution in [3.8, 4) is 5.69 Å². The second-order valence-corrected chi connectivity index (χ2v) is 6.00. The van der Waals surface area contributed by atoms with Gasteiger partial charge in [0, 0.05) is 24.7 Å². The van der Waals surface area contributed by atoms with E-state index in [2.05, 4.69) is 10.2 Å². The Balaban J connectivity index is 1.57. The summed E-state index contributed by atoms with van der Waals surface area (Å²) in [4.78, 5) is 14.4. The molecule has 1 aromatic carbocycles. The van der Waals surface area contributed by atoms with Crippen LogP contribution < -0.4 is 0 Å². The number of carbonyl (C=O) groups is 1. The van der Waals surface area contributed by atoms with Gasteiger partial charge in [-0.15, -0.1) is 10.2 Å². The Kier molecular flexibility index (Phi) is 3.86. The zero-order valence-electron chi connectivity index (χ0n) is 13.2. The molecular weight excluding hydrogens is 304 g/mol. The molecule has 0 aliphatic carbocycles. The highest BCUT2D eigenvalue weighted by Crippen LogP contribution is 2.28. The molecule has 122 valence electrons. The molecule has 0 spiro atoms. The molecule has 4 rings (SSSR count). The molecule has 24 heavy (non-hydrogen) atoms. The lowest BCUT2D eigenvalue weighted by molar-refractivity contribution is 0.0703. The molecule has 1 aliphatic rings. The number of benzene rings is 1. The number of nitrogens with zero attached hydrogens (tertiary/aromatic N) is 4. The van der Waals surface area contributed by atoms with E-state index in [1.165, 1.54) is 12.5 Å². The Morgan fingerprint density at radius 2 is 2.08 bits per heavy atom. The molecule has 6 nitrogen and oxygen atoms in total. The first-order valence-corrected chi connectivity index (χ1v) is 8.10. The van der Waals surface area contributed by atoms with Gasteiger partial charge < -0.3 is 9.32 Å². The summed E-state index contributed by atoms with van der Waals surface area (Å²) < 4.78 is 7.04. The first kappa shape index (κ1) is 14.7. The molecule has 1 amide bonds. The van der Waals surface area contributed by atoms with Gasteiger partial charge in [-0.2, -0.15) is 0 Å². The molecule has 1 fully saturated rings. The van der Waals surface area contributed by atoms with Crippen LogP contribution in [0.25, 0.3) is 5.69 Å². The van der Waals surface area contributed by atoms with Crippen molar-refractivity contribution in [2.45, 2.75) is 18.8 Å². The first-order valence-electron chi connectivity index (χ1n) is 8.10. The molecule has 1 aliphatic heterocycles. The minimum atomic E-state index is 0.0132. The fourth-order valence-corrected chi connectivity index (χ4v) is 3.25. The summed E-state index contributed by atoms with van der Waals surface area (Å²) in [6.45, 7) is 1.41. The van der Waals surface area contributed by atoms with Crippen LogP contribution >= 0.6 is 0 Å². The third-order valence-electron chi connectivity index (χ3n) is 4.45. The topological polar surface area (TPSA) is 64.2 Å². The van der Waals surface area contributed by atoms with E-state index in [4.69, 9.17) is 4.42 Å². The van der Waals surface area contributed by atoms with Crippen molar-refractivity contribution in [1.29, 1.82) is 0 Å². The van der Waals surface area contributed by atoms with Crippen LogP contribution in [0.4, 0.5) is 0 Å². The lowest BCUT2D eigenvalue weighted by atomic mass is 9.96. The van der Waals surface area contributed by atoms with E-state index in [-0.39, 0.29) is 11.8 Å². The standard InChI is InChI=1S/C18H18N4O2/c23-18(15-8-10-24-12-15)21-9-4-5-14(11-21)17-20-19-13-22(17)16-6-2-1-3-7-16/h1-3,6-8,10,12-14H,4-5,9,11H2. The van der Waals surface area contributed by atoms with Crippen LogP contribution in [-0.2, 0) is 0 Å². The van der Waals surface area contributed by atoms with Crippen LogP contribution in [0.3, 0.4) is 0 Å². The predicted molar refractivity (Wildman–Crippen MR) is 87.9 cm³/mol. The molecule has 1 unspecified atom stereocenters. The molecule has 1 saturated heterocycles. The summed E-state index contributed by atoms with van der Waals surface area (Å²) in [7, 11) is 0. The number of rotatable bonds is 3. The number of para-hydroxylation sites is 1. The smallest absolute Gasteiger partial charge is 0.257 e. The van der Waals surface area contributed by atoms with Gasteiger partial charge >= 0.3 is 0 Å². The van der Waals surface area contributed by atoms with Gasteiger partial charge in [-0.3, -0.25) is 9.36 Å². The van der Waals surface area contributed by atoms with Gasteiger partial charge in [-0.05, 0) is 31.0 Å². The van der Waals surface area contributed by atoms with Crippen LogP contribution in [0.1, 0.15) is 34.9 Å². The number of hydrogen-bond donors (Lipinski definition) is 0. The van der Waals surface area contributed by atoms with Crippen LogP contribution in [-0.4, -0.2) is 38.7 Å². The highest BCUT2D eigenvalue weighted by molar-refractivity contribution is 5.93. The normalized spacial score (nSPS) is 17.8. The fourth-order valence-electron chi connectivity index (χ4n) is 3.25. The Labute approximate surface area is 139 Å². The van der Waals surface area contributed by atoms with Crippen molar-refractivity contribution in [1.82, 2.24) is 19.7 Å². The van der Waals surface area contributed by atoms with Gasteiger partial charge in [0.2, 0.25) is 0 Å². The quantitative estimate of drug-likeness (QED) is 0.744. The number of aromatic nitrogens is 3. The van der Waals surface area contributed by atoms with E-state index >= 15 is 0 Å². The maximum Gasteiger partial charge on any atom is 0.257 e. The summed E-state index contributed by atoms with van der Waals surface area (Å²) >= 11 is 0. The zero-order chi connectivity index (χ0) is 16.4. The molecule has 0 radical (unpaired) electrons. The van der Waals surface area contributed by atoms with Crippen molar-refractivity contribution in [3.05, 3.63) is 66.6 Å². The van der Waals surface area contributed by atoms with Crippen molar-refractivity contribution in [2.24, 2.45) is 0 Å². The lowest BCUT2D eigenvalue weighted by Crippen LogP contribution is -2.39.